The molecule has 3 nitrogen and oxygen atoms in total. The normalized spacial score (nSPS) is 11.3. The van der Waals surface area contributed by atoms with Crippen LogP contribution in [0, 0.1) is 5.82 Å². The van der Waals surface area contributed by atoms with E-state index in [1.54, 1.807) is 13.2 Å². The molecule has 1 aromatic heterocycles. The van der Waals surface area contributed by atoms with Crippen LogP contribution < -0.4 is 5.63 Å². The van der Waals surface area contributed by atoms with Crippen molar-refractivity contribution >= 4 is 10.8 Å². The third kappa shape index (κ3) is 6.52. The zero-order valence-corrected chi connectivity index (χ0v) is 19.4. The van der Waals surface area contributed by atoms with Gasteiger partial charge in [0.25, 0.3) is 0 Å². The molecule has 0 amide bonds. The molecule has 0 saturated heterocycles. The predicted octanol–water partition coefficient (Wildman–Crippen LogP) is 7.82. The number of hydrogen-bond donors (Lipinski definition) is 0. The van der Waals surface area contributed by atoms with Gasteiger partial charge in [-0.05, 0) is 29.0 Å². The van der Waals surface area contributed by atoms with E-state index in [-0.39, 0.29) is 5.39 Å². The van der Waals surface area contributed by atoms with E-state index in [4.69, 9.17) is 9.15 Å². The van der Waals surface area contributed by atoms with Crippen molar-refractivity contribution in [3.8, 4) is 11.1 Å². The van der Waals surface area contributed by atoms with Gasteiger partial charge < -0.3 is 9.15 Å². The number of methoxy groups -OCH3 is 1. The number of ether oxygens (including phenoxy) is 1. The molecule has 0 bridgehead atoms. The number of unbranched alkanes of at least 4 members (excludes halogenated alkanes) is 8. The van der Waals surface area contributed by atoms with Crippen molar-refractivity contribution in [3.63, 3.8) is 0 Å². The standard InChI is InChI=1S/C28H35FO3/c1-3-4-5-6-7-8-9-10-11-12-24-19-23-17-18-25(27(29)26(23)28(30)32-24)22-15-13-21(14-16-22)20-31-2/h13-19H,3-12,20H2,1-2H3. The van der Waals surface area contributed by atoms with Crippen LogP contribution >= 0.6 is 0 Å². The molecule has 32 heavy (non-hydrogen) atoms. The molecule has 2 aromatic carbocycles. The first kappa shape index (κ1) is 24.2. The number of fused-ring (bicyclic) bond motifs is 1. The molecular weight excluding hydrogens is 403 g/mol. The summed E-state index contributed by atoms with van der Waals surface area (Å²) in [5, 5.41) is 0.628. The van der Waals surface area contributed by atoms with Gasteiger partial charge in [-0.1, -0.05) is 94.7 Å². The molecule has 0 fully saturated rings. The Kier molecular flexibility index (Phi) is 9.48. The summed E-state index contributed by atoms with van der Waals surface area (Å²) in [5.41, 5.74) is 1.55. The monoisotopic (exact) mass is 438 g/mol. The maximum absolute atomic E-state index is 15.2. The maximum Gasteiger partial charge on any atom is 0.346 e. The molecule has 0 unspecified atom stereocenters. The molecule has 0 saturated carbocycles. The van der Waals surface area contributed by atoms with Gasteiger partial charge in [-0.2, -0.15) is 0 Å². The van der Waals surface area contributed by atoms with Crippen LogP contribution in [0.4, 0.5) is 4.39 Å². The van der Waals surface area contributed by atoms with Crippen molar-refractivity contribution in [3.05, 3.63) is 70.0 Å². The molecule has 0 aliphatic carbocycles. The summed E-state index contributed by atoms with van der Waals surface area (Å²) in [4.78, 5) is 12.6. The predicted molar refractivity (Wildman–Crippen MR) is 130 cm³/mol. The fourth-order valence-electron chi connectivity index (χ4n) is 4.19. The molecule has 3 rings (SSSR count). The minimum absolute atomic E-state index is 0.0271. The van der Waals surface area contributed by atoms with Crippen molar-refractivity contribution in [1.29, 1.82) is 0 Å². The van der Waals surface area contributed by atoms with Crippen LogP contribution in [0.25, 0.3) is 21.9 Å². The number of hydrogen-bond acceptors (Lipinski definition) is 3. The van der Waals surface area contributed by atoms with Gasteiger partial charge >= 0.3 is 5.63 Å². The Labute approximate surface area is 190 Å². The quantitative estimate of drug-likeness (QED) is 0.255. The Hall–Kier alpha value is -2.46. The minimum Gasteiger partial charge on any atom is -0.427 e. The first-order valence-electron chi connectivity index (χ1n) is 12.0. The fraction of sp³-hybridized carbons (Fsp3) is 0.464. The lowest BCUT2D eigenvalue weighted by molar-refractivity contribution is 0.185. The van der Waals surface area contributed by atoms with Gasteiger partial charge in [-0.15, -0.1) is 0 Å². The van der Waals surface area contributed by atoms with Crippen LogP contribution in [0.3, 0.4) is 0 Å². The molecule has 0 atom stereocenters. The van der Waals surface area contributed by atoms with Crippen LogP contribution in [-0.2, 0) is 17.8 Å². The molecule has 1 heterocycles. The molecule has 172 valence electrons. The Morgan fingerprint density at radius 1 is 0.875 bits per heavy atom. The summed E-state index contributed by atoms with van der Waals surface area (Å²) in [5.74, 6) is 0.117. The second kappa shape index (κ2) is 12.5. The van der Waals surface area contributed by atoms with Crippen LogP contribution in [0.15, 0.2) is 51.7 Å². The third-order valence-corrected chi connectivity index (χ3v) is 6.02. The van der Waals surface area contributed by atoms with Gasteiger partial charge in [-0.25, -0.2) is 9.18 Å². The molecule has 0 spiro atoms. The van der Waals surface area contributed by atoms with Crippen molar-refractivity contribution in [1.82, 2.24) is 0 Å². The van der Waals surface area contributed by atoms with Gasteiger partial charge in [-0.3, -0.25) is 0 Å². The molecule has 0 aliphatic rings. The van der Waals surface area contributed by atoms with Crippen molar-refractivity contribution in [2.45, 2.75) is 77.7 Å². The van der Waals surface area contributed by atoms with Crippen molar-refractivity contribution in [2.24, 2.45) is 0 Å². The number of aryl methyl sites for hydroxylation is 1. The molecular formula is C28H35FO3. The third-order valence-electron chi connectivity index (χ3n) is 6.02. The first-order valence-corrected chi connectivity index (χ1v) is 12.0. The van der Waals surface area contributed by atoms with Gasteiger partial charge in [0, 0.05) is 19.1 Å². The SMILES string of the molecule is CCCCCCCCCCCc1cc2ccc(-c3ccc(COC)cc3)c(F)c2c(=O)o1. The zero-order chi connectivity index (χ0) is 22.8. The maximum atomic E-state index is 15.2. The van der Waals surface area contributed by atoms with Crippen LogP contribution in [0.1, 0.15) is 76.0 Å². The van der Waals surface area contributed by atoms with Crippen LogP contribution in [-0.4, -0.2) is 7.11 Å². The topological polar surface area (TPSA) is 39.4 Å². The molecule has 0 aliphatic heterocycles. The highest BCUT2D eigenvalue weighted by molar-refractivity contribution is 5.87. The van der Waals surface area contributed by atoms with E-state index in [0.29, 0.717) is 29.7 Å². The summed E-state index contributed by atoms with van der Waals surface area (Å²) in [6.45, 7) is 2.74. The highest BCUT2D eigenvalue weighted by atomic mass is 19.1. The lowest BCUT2D eigenvalue weighted by atomic mass is 9.99. The van der Waals surface area contributed by atoms with Crippen molar-refractivity contribution < 1.29 is 13.5 Å². The van der Waals surface area contributed by atoms with Crippen molar-refractivity contribution in [2.75, 3.05) is 7.11 Å². The number of halogens is 1. The number of benzene rings is 2. The summed E-state index contributed by atoms with van der Waals surface area (Å²) in [6, 6.07) is 12.9. The first-order chi connectivity index (χ1) is 15.6. The van der Waals surface area contributed by atoms with E-state index in [2.05, 4.69) is 6.92 Å². The van der Waals surface area contributed by atoms with E-state index >= 15 is 4.39 Å². The second-order valence-electron chi connectivity index (χ2n) is 8.60. The lowest BCUT2D eigenvalue weighted by Crippen LogP contribution is -2.05. The molecule has 4 heteroatoms. The molecule has 0 radical (unpaired) electrons. The lowest BCUT2D eigenvalue weighted by Gasteiger charge is -2.09. The van der Waals surface area contributed by atoms with E-state index in [9.17, 15) is 4.79 Å². The Balaban J connectivity index is 1.62. The molecule has 0 N–H and O–H groups in total. The zero-order valence-electron chi connectivity index (χ0n) is 19.4. The summed E-state index contributed by atoms with van der Waals surface area (Å²) < 4.78 is 25.8. The van der Waals surface area contributed by atoms with Crippen LogP contribution in [0.5, 0.6) is 0 Å². The second-order valence-corrected chi connectivity index (χ2v) is 8.60. The van der Waals surface area contributed by atoms with Gasteiger partial charge in [0.15, 0.2) is 0 Å². The number of rotatable bonds is 13. The Morgan fingerprint density at radius 2 is 1.53 bits per heavy atom. The van der Waals surface area contributed by atoms with E-state index < -0.39 is 11.4 Å². The van der Waals surface area contributed by atoms with Gasteiger partial charge in [0.1, 0.15) is 17.0 Å². The van der Waals surface area contributed by atoms with Crippen LogP contribution in [0.2, 0.25) is 0 Å². The van der Waals surface area contributed by atoms with E-state index in [1.807, 2.05) is 36.4 Å². The highest BCUT2D eigenvalue weighted by Crippen LogP contribution is 2.28. The summed E-state index contributed by atoms with van der Waals surface area (Å²) in [7, 11) is 1.64. The molecule has 3 aromatic rings. The summed E-state index contributed by atoms with van der Waals surface area (Å²) >= 11 is 0. The average molecular weight is 439 g/mol. The Bertz CT molecular complexity index is 1040. The largest absolute Gasteiger partial charge is 0.427 e. The van der Waals surface area contributed by atoms with Gasteiger partial charge in [0.2, 0.25) is 0 Å². The summed E-state index contributed by atoms with van der Waals surface area (Å²) in [6.07, 6.45) is 11.9. The fourth-order valence-corrected chi connectivity index (χ4v) is 4.19. The average Bonchev–Trinajstić information content (AvgIpc) is 2.79. The Morgan fingerprint density at radius 3 is 2.19 bits per heavy atom. The highest BCUT2D eigenvalue weighted by Gasteiger charge is 2.15. The van der Waals surface area contributed by atoms with E-state index in [1.165, 1.54) is 44.9 Å². The minimum atomic E-state index is -0.594. The van der Waals surface area contributed by atoms with Gasteiger partial charge in [0.05, 0.1) is 6.61 Å². The smallest absolute Gasteiger partial charge is 0.346 e. The van der Waals surface area contributed by atoms with E-state index in [0.717, 1.165) is 24.0 Å².